The van der Waals surface area contributed by atoms with Gasteiger partial charge in [0.25, 0.3) is 20.2 Å². The summed E-state index contributed by atoms with van der Waals surface area (Å²) in [4.78, 5) is 23.3. The van der Waals surface area contributed by atoms with Gasteiger partial charge in [-0.1, -0.05) is 34.6 Å². The van der Waals surface area contributed by atoms with E-state index in [2.05, 4.69) is 10.6 Å². The van der Waals surface area contributed by atoms with Gasteiger partial charge in [-0.15, -0.1) is 0 Å². The average Bonchev–Trinajstić information content (AvgIpc) is 2.48. The van der Waals surface area contributed by atoms with Crippen molar-refractivity contribution in [2.75, 3.05) is 11.5 Å². The minimum absolute atomic E-state index is 0.161. The molecule has 0 bridgehead atoms. The predicted molar refractivity (Wildman–Crippen MR) is 121 cm³/mol. The van der Waals surface area contributed by atoms with Crippen LogP contribution in [-0.4, -0.2) is 60.3 Å². The molecule has 0 fully saturated rings. The second-order valence-corrected chi connectivity index (χ2v) is 12.6. The summed E-state index contributed by atoms with van der Waals surface area (Å²) >= 11 is 0. The molecule has 0 aliphatic carbocycles. The Balaban J connectivity index is 0. The predicted octanol–water partition coefficient (Wildman–Crippen LogP) is 2.02. The normalized spacial score (nSPS) is 14.2. The SMILES string of the molecule is CCC(C)(C)C(=O)NC(C)(C)CS(=O)(=O)O.CCC(C)C(=O)NC(C)(C)CS(=O)(=O)O. The summed E-state index contributed by atoms with van der Waals surface area (Å²) in [7, 11) is -8.17. The Bertz CT molecular complexity index is 816. The van der Waals surface area contributed by atoms with Crippen LogP contribution in [0.5, 0.6) is 0 Å². The number of carbonyl (C=O) groups is 2. The van der Waals surface area contributed by atoms with Crippen molar-refractivity contribution in [3.63, 3.8) is 0 Å². The lowest BCUT2D eigenvalue weighted by Gasteiger charge is -2.30. The fraction of sp³-hybridized carbons (Fsp3) is 0.895. The summed E-state index contributed by atoms with van der Waals surface area (Å²) in [5.74, 6) is -1.56. The fourth-order valence-electron chi connectivity index (χ4n) is 2.26. The maximum atomic E-state index is 11.8. The Labute approximate surface area is 187 Å². The van der Waals surface area contributed by atoms with E-state index in [9.17, 15) is 26.4 Å². The van der Waals surface area contributed by atoms with E-state index in [4.69, 9.17) is 9.11 Å². The molecule has 0 radical (unpaired) electrons. The van der Waals surface area contributed by atoms with Gasteiger partial charge in [0, 0.05) is 11.3 Å². The van der Waals surface area contributed by atoms with Crippen LogP contribution in [0.2, 0.25) is 0 Å². The minimum Gasteiger partial charge on any atom is -0.350 e. The second-order valence-electron chi connectivity index (χ2n) is 9.71. The third-order valence-corrected chi connectivity index (χ3v) is 6.73. The van der Waals surface area contributed by atoms with Gasteiger partial charge < -0.3 is 10.6 Å². The number of nitrogens with one attached hydrogen (secondary N) is 2. The summed E-state index contributed by atoms with van der Waals surface area (Å²) in [5, 5.41) is 5.21. The highest BCUT2D eigenvalue weighted by Gasteiger charge is 2.33. The molecule has 0 saturated carbocycles. The van der Waals surface area contributed by atoms with Crippen molar-refractivity contribution in [2.45, 2.75) is 86.2 Å². The van der Waals surface area contributed by atoms with Gasteiger partial charge >= 0.3 is 0 Å². The molecule has 2 amide bonds. The molecule has 0 aromatic carbocycles. The summed E-state index contributed by atoms with van der Waals surface area (Å²) in [6, 6.07) is 0. The number of hydrogen-bond donors (Lipinski definition) is 4. The van der Waals surface area contributed by atoms with Crippen molar-refractivity contribution in [3.05, 3.63) is 0 Å². The van der Waals surface area contributed by atoms with Crippen molar-refractivity contribution in [1.82, 2.24) is 10.6 Å². The Morgan fingerprint density at radius 2 is 1.16 bits per heavy atom. The van der Waals surface area contributed by atoms with E-state index >= 15 is 0 Å². The topological polar surface area (TPSA) is 167 Å². The molecule has 0 aliphatic heterocycles. The highest BCUT2D eigenvalue weighted by atomic mass is 32.2. The van der Waals surface area contributed by atoms with E-state index in [1.54, 1.807) is 48.5 Å². The van der Waals surface area contributed by atoms with Gasteiger partial charge in [-0.25, -0.2) is 0 Å². The van der Waals surface area contributed by atoms with E-state index in [-0.39, 0.29) is 17.7 Å². The molecule has 1 atom stereocenters. The molecule has 0 heterocycles. The molecule has 4 N–H and O–H groups in total. The zero-order valence-electron chi connectivity index (χ0n) is 20.1. The Morgan fingerprint density at radius 1 is 0.806 bits per heavy atom. The summed E-state index contributed by atoms with van der Waals surface area (Å²) < 4.78 is 60.3. The lowest BCUT2D eigenvalue weighted by molar-refractivity contribution is -0.131. The number of amides is 2. The summed E-state index contributed by atoms with van der Waals surface area (Å²) in [6.45, 7) is 15.3. The molecule has 0 rings (SSSR count). The first kappa shape index (κ1) is 31.9. The molecule has 186 valence electrons. The van der Waals surface area contributed by atoms with Crippen LogP contribution in [0.15, 0.2) is 0 Å². The van der Waals surface area contributed by atoms with Crippen molar-refractivity contribution in [3.8, 4) is 0 Å². The highest BCUT2D eigenvalue weighted by molar-refractivity contribution is 7.86. The third kappa shape index (κ3) is 16.1. The van der Waals surface area contributed by atoms with Crippen LogP contribution in [0, 0.1) is 11.3 Å². The molecule has 12 heteroatoms. The fourth-order valence-corrected chi connectivity index (χ4v) is 4.23. The zero-order valence-corrected chi connectivity index (χ0v) is 21.7. The molecule has 0 saturated heterocycles. The van der Waals surface area contributed by atoms with E-state index in [1.165, 1.54) is 0 Å². The van der Waals surface area contributed by atoms with Gasteiger partial charge in [0.15, 0.2) is 0 Å². The highest BCUT2D eigenvalue weighted by Crippen LogP contribution is 2.21. The van der Waals surface area contributed by atoms with Gasteiger partial charge in [-0.05, 0) is 40.5 Å². The van der Waals surface area contributed by atoms with Crippen LogP contribution >= 0.6 is 0 Å². The number of carbonyl (C=O) groups excluding carboxylic acids is 2. The molecule has 10 nitrogen and oxygen atoms in total. The van der Waals surface area contributed by atoms with E-state index in [0.29, 0.717) is 12.8 Å². The second kappa shape index (κ2) is 11.6. The quantitative estimate of drug-likeness (QED) is 0.339. The smallest absolute Gasteiger partial charge is 0.267 e. The van der Waals surface area contributed by atoms with E-state index in [1.807, 2.05) is 13.8 Å². The first-order valence-corrected chi connectivity index (χ1v) is 13.2. The molecule has 1 unspecified atom stereocenters. The Morgan fingerprint density at radius 3 is 1.45 bits per heavy atom. The van der Waals surface area contributed by atoms with Crippen molar-refractivity contribution >= 4 is 32.1 Å². The molecular formula is C19H40N2O8S2. The lowest BCUT2D eigenvalue weighted by Crippen LogP contribution is -2.52. The van der Waals surface area contributed by atoms with Gasteiger partial charge in [0.05, 0.1) is 22.6 Å². The Kier molecular flexibility index (Phi) is 11.9. The monoisotopic (exact) mass is 488 g/mol. The Hall–Kier alpha value is -1.24. The average molecular weight is 489 g/mol. The van der Waals surface area contributed by atoms with Crippen molar-refractivity contribution in [1.29, 1.82) is 0 Å². The molecule has 0 aliphatic rings. The maximum absolute atomic E-state index is 11.8. The van der Waals surface area contributed by atoms with Crippen molar-refractivity contribution < 1.29 is 35.5 Å². The lowest BCUT2D eigenvalue weighted by atomic mass is 9.88. The standard InChI is InChI=1S/C10H21NO4S.C9H19NO4S/c1-6-9(2,3)8(12)11-10(4,5)7-16(13,14)15;1-5-7(2)8(11)10-9(3,4)6-15(12,13)14/h6-7H2,1-5H3,(H,11,12)(H,13,14,15);7H,5-6H2,1-4H3,(H,10,11)(H,12,13,14). The number of hydrogen-bond acceptors (Lipinski definition) is 6. The molecule has 0 spiro atoms. The molecule has 0 aromatic rings. The summed E-state index contributed by atoms with van der Waals surface area (Å²) in [5.41, 5.74) is -2.47. The van der Waals surface area contributed by atoms with Gasteiger partial charge in [0.2, 0.25) is 11.8 Å². The minimum atomic E-state index is -4.09. The molecule has 0 aromatic heterocycles. The van der Waals surface area contributed by atoms with E-state index < -0.39 is 48.2 Å². The van der Waals surface area contributed by atoms with Crippen LogP contribution < -0.4 is 10.6 Å². The molecule has 31 heavy (non-hydrogen) atoms. The van der Waals surface area contributed by atoms with Crippen LogP contribution in [0.3, 0.4) is 0 Å². The van der Waals surface area contributed by atoms with Crippen LogP contribution in [-0.2, 0) is 29.8 Å². The van der Waals surface area contributed by atoms with E-state index in [0.717, 1.165) is 0 Å². The van der Waals surface area contributed by atoms with Gasteiger partial charge in [0.1, 0.15) is 0 Å². The molecular weight excluding hydrogens is 448 g/mol. The van der Waals surface area contributed by atoms with Crippen LogP contribution in [0.25, 0.3) is 0 Å². The zero-order chi connectivity index (χ0) is 25.5. The van der Waals surface area contributed by atoms with Gasteiger partial charge in [-0.3, -0.25) is 18.7 Å². The first-order chi connectivity index (χ1) is 13.5. The van der Waals surface area contributed by atoms with Crippen LogP contribution in [0.4, 0.5) is 0 Å². The van der Waals surface area contributed by atoms with Crippen molar-refractivity contribution in [2.24, 2.45) is 11.3 Å². The first-order valence-electron chi connectivity index (χ1n) is 10.0. The largest absolute Gasteiger partial charge is 0.350 e. The maximum Gasteiger partial charge on any atom is 0.267 e. The number of rotatable bonds is 10. The summed E-state index contributed by atoms with van der Waals surface area (Å²) in [6.07, 6.45) is 1.34. The van der Waals surface area contributed by atoms with Gasteiger partial charge in [-0.2, -0.15) is 16.8 Å². The van der Waals surface area contributed by atoms with Crippen LogP contribution in [0.1, 0.15) is 75.2 Å². The third-order valence-electron chi connectivity index (χ3n) is 4.56.